The molecule has 0 spiro atoms. The van der Waals surface area contributed by atoms with Crippen molar-refractivity contribution < 1.29 is 19.4 Å². The number of esters is 1. The summed E-state index contributed by atoms with van der Waals surface area (Å²) in [5, 5.41) is 10.2. The summed E-state index contributed by atoms with van der Waals surface area (Å²) in [4.78, 5) is 12.1. The molecule has 1 atom stereocenters. The summed E-state index contributed by atoms with van der Waals surface area (Å²) in [7, 11) is 0. The van der Waals surface area contributed by atoms with Crippen LogP contribution in [0.15, 0.2) is 24.3 Å². The van der Waals surface area contributed by atoms with E-state index in [-0.39, 0.29) is 12.5 Å². The first-order valence-corrected chi connectivity index (χ1v) is 6.56. The van der Waals surface area contributed by atoms with Gasteiger partial charge < -0.3 is 14.6 Å². The fourth-order valence-corrected chi connectivity index (χ4v) is 1.77. The van der Waals surface area contributed by atoms with Crippen molar-refractivity contribution in [2.24, 2.45) is 5.92 Å². The highest BCUT2D eigenvalue weighted by atomic mass is 35.5. The first-order chi connectivity index (χ1) is 8.96. The number of aliphatic hydroxyl groups is 1. The zero-order valence-corrected chi connectivity index (χ0v) is 12.1. The number of carbonyl (C=O) groups excluding carboxylic acids is 1. The van der Waals surface area contributed by atoms with Crippen LogP contribution in [-0.2, 0) is 9.53 Å². The van der Waals surface area contributed by atoms with Crippen LogP contribution in [0.25, 0.3) is 0 Å². The van der Waals surface area contributed by atoms with Gasteiger partial charge in [0.25, 0.3) is 0 Å². The molecule has 1 aromatic carbocycles. The summed E-state index contributed by atoms with van der Waals surface area (Å²) in [6.07, 6.45) is 0. The molecule has 106 valence electrons. The van der Waals surface area contributed by atoms with Crippen molar-refractivity contribution in [1.82, 2.24) is 0 Å². The van der Waals surface area contributed by atoms with Crippen molar-refractivity contribution >= 4 is 17.6 Å². The van der Waals surface area contributed by atoms with Gasteiger partial charge in [0.2, 0.25) is 5.60 Å². The molecule has 0 bridgehead atoms. The van der Waals surface area contributed by atoms with E-state index in [0.29, 0.717) is 10.8 Å². The molecule has 1 aromatic rings. The van der Waals surface area contributed by atoms with Gasteiger partial charge in [0.15, 0.2) is 0 Å². The number of ether oxygens (including phenoxy) is 2. The third kappa shape index (κ3) is 3.61. The van der Waals surface area contributed by atoms with Gasteiger partial charge >= 0.3 is 5.97 Å². The molecule has 0 saturated carbocycles. The minimum Gasteiger partial charge on any atom is -0.473 e. The van der Waals surface area contributed by atoms with Crippen LogP contribution in [-0.4, -0.2) is 29.9 Å². The van der Waals surface area contributed by atoms with Gasteiger partial charge in [0.1, 0.15) is 5.75 Å². The lowest BCUT2D eigenvalue weighted by Gasteiger charge is -2.33. The highest BCUT2D eigenvalue weighted by molar-refractivity contribution is 6.30. The van der Waals surface area contributed by atoms with Crippen LogP contribution in [0.4, 0.5) is 0 Å². The van der Waals surface area contributed by atoms with Crippen LogP contribution in [0.2, 0.25) is 5.02 Å². The monoisotopic (exact) mass is 286 g/mol. The fourth-order valence-electron chi connectivity index (χ4n) is 1.64. The predicted molar refractivity (Wildman–Crippen MR) is 73.4 cm³/mol. The van der Waals surface area contributed by atoms with Gasteiger partial charge in [-0.25, -0.2) is 4.79 Å². The summed E-state index contributed by atoms with van der Waals surface area (Å²) in [6, 6.07) is 6.61. The Labute approximate surface area is 118 Å². The fraction of sp³-hybridized carbons (Fsp3) is 0.500. The molecular formula is C14H19ClO4. The lowest BCUT2D eigenvalue weighted by molar-refractivity contribution is -0.170. The van der Waals surface area contributed by atoms with Gasteiger partial charge in [-0.2, -0.15) is 0 Å². The average Bonchev–Trinajstić information content (AvgIpc) is 2.38. The van der Waals surface area contributed by atoms with Crippen molar-refractivity contribution in [3.8, 4) is 5.75 Å². The van der Waals surface area contributed by atoms with E-state index < -0.39 is 18.2 Å². The third-order valence-corrected chi connectivity index (χ3v) is 3.15. The SMILES string of the molecule is CCOC(=O)C(CO)(Oc1ccc(Cl)cc1)C(C)C. The molecule has 0 fully saturated rings. The maximum atomic E-state index is 12.1. The summed E-state index contributed by atoms with van der Waals surface area (Å²) < 4.78 is 10.7. The first kappa shape index (κ1) is 15.8. The number of aliphatic hydroxyl groups excluding tert-OH is 1. The highest BCUT2D eigenvalue weighted by Crippen LogP contribution is 2.27. The van der Waals surface area contributed by atoms with Crippen molar-refractivity contribution in [2.45, 2.75) is 26.4 Å². The molecule has 1 unspecified atom stereocenters. The van der Waals surface area contributed by atoms with Gasteiger partial charge in [0, 0.05) is 10.9 Å². The molecule has 0 aliphatic heterocycles. The normalized spacial score (nSPS) is 14.0. The molecule has 19 heavy (non-hydrogen) atoms. The Morgan fingerprint density at radius 3 is 2.37 bits per heavy atom. The van der Waals surface area contributed by atoms with E-state index in [2.05, 4.69) is 0 Å². The van der Waals surface area contributed by atoms with Crippen LogP contribution in [0.5, 0.6) is 5.75 Å². The molecule has 0 aliphatic rings. The van der Waals surface area contributed by atoms with Crippen LogP contribution < -0.4 is 4.74 Å². The number of rotatable bonds is 6. The molecule has 5 heteroatoms. The molecule has 1 N–H and O–H groups in total. The Morgan fingerprint density at radius 2 is 1.95 bits per heavy atom. The van der Waals surface area contributed by atoms with E-state index >= 15 is 0 Å². The number of carbonyl (C=O) groups is 1. The largest absolute Gasteiger partial charge is 0.473 e. The van der Waals surface area contributed by atoms with Gasteiger partial charge in [-0.3, -0.25) is 0 Å². The van der Waals surface area contributed by atoms with E-state index in [0.717, 1.165) is 0 Å². The lowest BCUT2D eigenvalue weighted by atomic mass is 9.90. The molecule has 0 saturated heterocycles. The van der Waals surface area contributed by atoms with E-state index in [4.69, 9.17) is 21.1 Å². The molecule has 4 nitrogen and oxygen atoms in total. The minimum atomic E-state index is -1.40. The number of hydrogen-bond donors (Lipinski definition) is 1. The zero-order valence-electron chi connectivity index (χ0n) is 11.4. The van der Waals surface area contributed by atoms with Gasteiger partial charge in [-0.1, -0.05) is 25.4 Å². The van der Waals surface area contributed by atoms with Crippen molar-refractivity contribution in [2.75, 3.05) is 13.2 Å². The Bertz CT molecular complexity index is 416. The van der Waals surface area contributed by atoms with E-state index in [1.54, 1.807) is 45.0 Å². The van der Waals surface area contributed by atoms with Gasteiger partial charge in [-0.15, -0.1) is 0 Å². The van der Waals surface area contributed by atoms with Crippen molar-refractivity contribution in [3.05, 3.63) is 29.3 Å². The zero-order chi connectivity index (χ0) is 14.5. The molecule has 0 radical (unpaired) electrons. The van der Waals surface area contributed by atoms with Gasteiger partial charge in [0.05, 0.1) is 13.2 Å². The van der Waals surface area contributed by atoms with Crippen LogP contribution in [0.3, 0.4) is 0 Å². The smallest absolute Gasteiger partial charge is 0.353 e. The van der Waals surface area contributed by atoms with Crippen LogP contribution in [0, 0.1) is 5.92 Å². The molecule has 0 aliphatic carbocycles. The third-order valence-electron chi connectivity index (χ3n) is 2.90. The van der Waals surface area contributed by atoms with E-state index in [1.807, 2.05) is 0 Å². The second-order valence-corrected chi connectivity index (χ2v) is 4.92. The van der Waals surface area contributed by atoms with Crippen molar-refractivity contribution in [1.29, 1.82) is 0 Å². The van der Waals surface area contributed by atoms with Crippen LogP contribution >= 0.6 is 11.6 Å². The van der Waals surface area contributed by atoms with E-state index in [9.17, 15) is 9.90 Å². The number of halogens is 1. The first-order valence-electron chi connectivity index (χ1n) is 6.19. The Morgan fingerprint density at radius 1 is 1.37 bits per heavy atom. The quantitative estimate of drug-likeness (QED) is 0.817. The second kappa shape index (κ2) is 6.78. The summed E-state index contributed by atoms with van der Waals surface area (Å²) in [6.45, 7) is 5.08. The Balaban J connectivity index is 3.03. The topological polar surface area (TPSA) is 55.8 Å². The molecule has 0 heterocycles. The minimum absolute atomic E-state index is 0.233. The summed E-state index contributed by atoms with van der Waals surface area (Å²) in [5.74, 6) is -0.352. The van der Waals surface area contributed by atoms with Crippen LogP contribution in [0.1, 0.15) is 20.8 Å². The second-order valence-electron chi connectivity index (χ2n) is 4.48. The lowest BCUT2D eigenvalue weighted by Crippen LogP contribution is -2.53. The van der Waals surface area contributed by atoms with E-state index in [1.165, 1.54) is 0 Å². The predicted octanol–water partition coefficient (Wildman–Crippen LogP) is 2.67. The number of hydrogen-bond acceptors (Lipinski definition) is 4. The molecule has 1 rings (SSSR count). The van der Waals surface area contributed by atoms with Gasteiger partial charge in [-0.05, 0) is 31.2 Å². The summed E-state index contributed by atoms with van der Waals surface area (Å²) >= 11 is 5.80. The Kier molecular flexibility index (Phi) is 5.63. The molecule has 0 amide bonds. The standard InChI is InChI=1S/C14H19ClO4/c1-4-18-13(17)14(9-16,10(2)3)19-12-7-5-11(15)6-8-12/h5-8,10,16H,4,9H2,1-3H3. The maximum absolute atomic E-state index is 12.1. The molecule has 0 aromatic heterocycles. The summed E-state index contributed by atoms with van der Waals surface area (Å²) in [5.41, 5.74) is -1.40. The highest BCUT2D eigenvalue weighted by Gasteiger charge is 2.45. The molecular weight excluding hydrogens is 268 g/mol. The maximum Gasteiger partial charge on any atom is 0.353 e. The average molecular weight is 287 g/mol. The van der Waals surface area contributed by atoms with Crippen molar-refractivity contribution in [3.63, 3.8) is 0 Å². The number of benzene rings is 1. The Hall–Kier alpha value is -1.26.